The van der Waals surface area contributed by atoms with Gasteiger partial charge in [-0.3, -0.25) is 0 Å². The molecule has 1 saturated heterocycles. The van der Waals surface area contributed by atoms with Crippen molar-refractivity contribution >= 4 is 11.0 Å². The Labute approximate surface area is 181 Å². The lowest BCUT2D eigenvalue weighted by Gasteiger charge is -2.36. The average molecular weight is 413 g/mol. The number of nitrogens with one attached hydrogen (secondary N) is 1. The van der Waals surface area contributed by atoms with E-state index < -0.39 is 0 Å². The van der Waals surface area contributed by atoms with Crippen molar-refractivity contribution in [3.63, 3.8) is 0 Å². The number of benzene rings is 1. The minimum absolute atomic E-state index is 0.334. The maximum Gasteiger partial charge on any atom is 0.124 e. The number of hydrogen-bond acceptors (Lipinski definition) is 4. The second-order valence-corrected chi connectivity index (χ2v) is 9.61. The molecule has 2 heterocycles. The van der Waals surface area contributed by atoms with Crippen LogP contribution in [0, 0.1) is 5.92 Å². The summed E-state index contributed by atoms with van der Waals surface area (Å²) in [6, 6.07) is 9.05. The Bertz CT molecular complexity index is 771. The molecular formula is C25H40N4O. The molecule has 166 valence electrons. The maximum absolute atomic E-state index is 9.59. The van der Waals surface area contributed by atoms with Gasteiger partial charge < -0.3 is 19.9 Å². The fraction of sp³-hybridized carbons (Fsp3) is 0.720. The standard InChI is InChI=1S/C25H40N4O/c1-20(30)17-26-18-25-27-23-11-7-8-12-24(23)29(25)22-13-15-28(16-14-22)19-21-9-5-3-2-4-6-10-21/h7-8,11-12,20-22,26,30H,2-6,9-10,13-19H2,1H3. The third-order valence-electron chi connectivity index (χ3n) is 7.06. The monoisotopic (exact) mass is 412 g/mol. The number of aliphatic hydroxyl groups excluding tert-OH is 1. The molecule has 1 atom stereocenters. The molecule has 30 heavy (non-hydrogen) atoms. The van der Waals surface area contributed by atoms with Crippen LogP contribution >= 0.6 is 0 Å². The summed E-state index contributed by atoms with van der Waals surface area (Å²) in [7, 11) is 0. The fourth-order valence-electron chi connectivity index (χ4n) is 5.47. The van der Waals surface area contributed by atoms with E-state index in [1.54, 1.807) is 0 Å². The molecule has 1 aliphatic carbocycles. The van der Waals surface area contributed by atoms with Gasteiger partial charge >= 0.3 is 0 Å². The maximum atomic E-state index is 9.59. The molecule has 2 N–H and O–H groups in total. The van der Waals surface area contributed by atoms with E-state index in [-0.39, 0.29) is 6.10 Å². The van der Waals surface area contributed by atoms with Crippen molar-refractivity contribution in [3.05, 3.63) is 30.1 Å². The first kappa shape index (κ1) is 21.8. The van der Waals surface area contributed by atoms with Crippen molar-refractivity contribution in [1.29, 1.82) is 0 Å². The van der Waals surface area contributed by atoms with E-state index in [4.69, 9.17) is 4.98 Å². The molecule has 1 aromatic carbocycles. The summed E-state index contributed by atoms with van der Waals surface area (Å²) in [5.74, 6) is 2.02. The molecule has 1 aliphatic heterocycles. The Kier molecular flexibility index (Phi) is 7.80. The van der Waals surface area contributed by atoms with Crippen LogP contribution in [0.2, 0.25) is 0 Å². The highest BCUT2D eigenvalue weighted by Gasteiger charge is 2.26. The van der Waals surface area contributed by atoms with Crippen LogP contribution in [-0.2, 0) is 6.54 Å². The zero-order valence-electron chi connectivity index (χ0n) is 18.7. The highest BCUT2D eigenvalue weighted by Crippen LogP contribution is 2.30. The molecule has 1 saturated carbocycles. The molecule has 5 nitrogen and oxygen atoms in total. The molecule has 0 radical (unpaired) electrons. The number of para-hydroxylation sites is 2. The number of nitrogens with zero attached hydrogens (tertiary/aromatic N) is 3. The summed E-state index contributed by atoms with van der Waals surface area (Å²) in [5, 5.41) is 13.0. The highest BCUT2D eigenvalue weighted by molar-refractivity contribution is 5.76. The first-order valence-electron chi connectivity index (χ1n) is 12.3. The third kappa shape index (κ3) is 5.63. The number of piperidine rings is 1. The van der Waals surface area contributed by atoms with Crippen LogP contribution in [0.3, 0.4) is 0 Å². The Morgan fingerprint density at radius 2 is 1.73 bits per heavy atom. The van der Waals surface area contributed by atoms with Gasteiger partial charge in [0.25, 0.3) is 0 Å². The van der Waals surface area contributed by atoms with Crippen LogP contribution in [0.25, 0.3) is 11.0 Å². The zero-order chi connectivity index (χ0) is 20.8. The fourth-order valence-corrected chi connectivity index (χ4v) is 5.47. The second kappa shape index (κ2) is 10.7. The average Bonchev–Trinajstić information content (AvgIpc) is 3.08. The van der Waals surface area contributed by atoms with Crippen molar-refractivity contribution in [1.82, 2.24) is 19.8 Å². The minimum atomic E-state index is -0.334. The van der Waals surface area contributed by atoms with Gasteiger partial charge in [-0.1, -0.05) is 44.2 Å². The van der Waals surface area contributed by atoms with Crippen LogP contribution in [-0.4, -0.2) is 51.8 Å². The van der Waals surface area contributed by atoms with Gasteiger partial charge in [-0.05, 0) is 50.7 Å². The topological polar surface area (TPSA) is 53.3 Å². The van der Waals surface area contributed by atoms with Gasteiger partial charge in [-0.15, -0.1) is 0 Å². The zero-order valence-corrected chi connectivity index (χ0v) is 18.7. The molecule has 0 bridgehead atoms. The molecule has 5 heteroatoms. The number of imidazole rings is 1. The molecule has 2 aliphatic rings. The number of likely N-dealkylation sites (tertiary alicyclic amines) is 1. The number of aliphatic hydroxyl groups is 1. The van der Waals surface area contributed by atoms with E-state index in [9.17, 15) is 5.11 Å². The Hall–Kier alpha value is -1.43. The first-order chi connectivity index (χ1) is 14.7. The van der Waals surface area contributed by atoms with Gasteiger partial charge in [0.05, 0.1) is 23.7 Å². The van der Waals surface area contributed by atoms with E-state index >= 15 is 0 Å². The van der Waals surface area contributed by atoms with Crippen molar-refractivity contribution < 1.29 is 5.11 Å². The van der Waals surface area contributed by atoms with Crippen molar-refractivity contribution in [3.8, 4) is 0 Å². The van der Waals surface area contributed by atoms with E-state index in [1.165, 1.54) is 82.9 Å². The molecule has 1 unspecified atom stereocenters. The van der Waals surface area contributed by atoms with Gasteiger partial charge in [0.15, 0.2) is 0 Å². The van der Waals surface area contributed by atoms with Crippen LogP contribution in [0.4, 0.5) is 0 Å². The molecule has 1 aromatic heterocycles. The molecule has 0 spiro atoms. The van der Waals surface area contributed by atoms with Crippen LogP contribution in [0.15, 0.2) is 24.3 Å². The quantitative estimate of drug-likeness (QED) is 0.703. The summed E-state index contributed by atoms with van der Waals surface area (Å²) in [5.41, 5.74) is 2.34. The molecule has 4 rings (SSSR count). The Balaban J connectivity index is 1.39. The molecule has 2 aromatic rings. The van der Waals surface area contributed by atoms with E-state index in [0.29, 0.717) is 19.1 Å². The normalized spacial score (nSPS) is 21.5. The predicted octanol–water partition coefficient (Wildman–Crippen LogP) is 4.50. The number of fused-ring (bicyclic) bond motifs is 1. The summed E-state index contributed by atoms with van der Waals surface area (Å²) < 4.78 is 2.48. The second-order valence-electron chi connectivity index (χ2n) is 9.61. The third-order valence-corrected chi connectivity index (χ3v) is 7.06. The summed E-state index contributed by atoms with van der Waals surface area (Å²) in [6.45, 7) is 6.84. The van der Waals surface area contributed by atoms with Gasteiger partial charge in [0, 0.05) is 32.2 Å². The lowest BCUT2D eigenvalue weighted by molar-refractivity contribution is 0.151. The van der Waals surface area contributed by atoms with Crippen molar-refractivity contribution in [2.45, 2.75) is 83.4 Å². The van der Waals surface area contributed by atoms with Crippen LogP contribution in [0.1, 0.15) is 76.6 Å². The van der Waals surface area contributed by atoms with Gasteiger partial charge in [0.1, 0.15) is 5.82 Å². The van der Waals surface area contributed by atoms with Crippen molar-refractivity contribution in [2.75, 3.05) is 26.2 Å². The lowest BCUT2D eigenvalue weighted by Crippen LogP contribution is -2.38. The van der Waals surface area contributed by atoms with Gasteiger partial charge in [0.2, 0.25) is 0 Å². The van der Waals surface area contributed by atoms with Crippen LogP contribution in [0.5, 0.6) is 0 Å². The van der Waals surface area contributed by atoms with E-state index in [2.05, 4.69) is 39.0 Å². The number of aromatic nitrogens is 2. The van der Waals surface area contributed by atoms with Crippen molar-refractivity contribution in [2.24, 2.45) is 5.92 Å². The van der Waals surface area contributed by atoms with E-state index in [0.717, 1.165) is 17.3 Å². The largest absolute Gasteiger partial charge is 0.392 e. The molecule has 2 fully saturated rings. The van der Waals surface area contributed by atoms with Gasteiger partial charge in [-0.2, -0.15) is 0 Å². The number of hydrogen-bond donors (Lipinski definition) is 2. The smallest absolute Gasteiger partial charge is 0.124 e. The number of rotatable bonds is 7. The summed E-state index contributed by atoms with van der Waals surface area (Å²) in [6.07, 6.45) is 12.2. The molecular weight excluding hydrogens is 372 g/mol. The first-order valence-corrected chi connectivity index (χ1v) is 12.3. The van der Waals surface area contributed by atoms with Crippen LogP contribution < -0.4 is 5.32 Å². The highest BCUT2D eigenvalue weighted by atomic mass is 16.3. The summed E-state index contributed by atoms with van der Waals surface area (Å²) in [4.78, 5) is 7.65. The molecule has 0 amide bonds. The van der Waals surface area contributed by atoms with E-state index in [1.807, 2.05) is 6.92 Å². The SMILES string of the molecule is CC(O)CNCc1nc2ccccc2n1C1CCN(CC2CCCCCCC2)CC1. The summed E-state index contributed by atoms with van der Waals surface area (Å²) >= 11 is 0. The lowest BCUT2D eigenvalue weighted by atomic mass is 9.90. The Morgan fingerprint density at radius 1 is 1.03 bits per heavy atom. The van der Waals surface area contributed by atoms with Gasteiger partial charge in [-0.25, -0.2) is 4.98 Å². The predicted molar refractivity (Wildman–Crippen MR) is 124 cm³/mol. The minimum Gasteiger partial charge on any atom is -0.392 e. The Morgan fingerprint density at radius 3 is 2.47 bits per heavy atom.